The summed E-state index contributed by atoms with van der Waals surface area (Å²) < 4.78 is 0. The van der Waals surface area contributed by atoms with Gasteiger partial charge in [0.2, 0.25) is 0 Å². The van der Waals surface area contributed by atoms with Crippen molar-refractivity contribution in [3.05, 3.63) is 53.6 Å². The lowest BCUT2D eigenvalue weighted by Gasteiger charge is -2.15. The Kier molecular flexibility index (Phi) is 5.04. The number of hydrogen-bond donors (Lipinski definition) is 2. The SMILES string of the molecule is CCSc1cccc(Nc2ccc(C)cc2)c1C(N)=S. The van der Waals surface area contributed by atoms with Gasteiger partial charge in [0.05, 0.1) is 0 Å². The second kappa shape index (κ2) is 6.77. The summed E-state index contributed by atoms with van der Waals surface area (Å²) in [5.74, 6) is 0.990. The third-order valence-corrected chi connectivity index (χ3v) is 4.05. The van der Waals surface area contributed by atoms with Crippen molar-refractivity contribution in [3.8, 4) is 0 Å². The molecule has 4 heteroatoms. The topological polar surface area (TPSA) is 38.0 Å². The molecule has 0 saturated carbocycles. The van der Waals surface area contributed by atoms with Crippen LogP contribution in [0.2, 0.25) is 0 Å². The van der Waals surface area contributed by atoms with Crippen molar-refractivity contribution in [2.75, 3.05) is 11.1 Å². The van der Waals surface area contributed by atoms with Crippen LogP contribution in [0.5, 0.6) is 0 Å². The third kappa shape index (κ3) is 3.52. The number of hydrogen-bond acceptors (Lipinski definition) is 3. The van der Waals surface area contributed by atoms with Gasteiger partial charge in [-0.2, -0.15) is 0 Å². The van der Waals surface area contributed by atoms with Gasteiger partial charge in [0.25, 0.3) is 0 Å². The van der Waals surface area contributed by atoms with Gasteiger partial charge in [-0.25, -0.2) is 0 Å². The highest BCUT2D eigenvalue weighted by Crippen LogP contribution is 2.30. The standard InChI is InChI=1S/C16H18N2S2/c1-3-20-14-6-4-5-13(15(14)16(17)19)18-12-9-7-11(2)8-10-12/h4-10,18H,3H2,1-2H3,(H2,17,19). The minimum atomic E-state index is 0.427. The minimum Gasteiger partial charge on any atom is -0.389 e. The molecule has 0 aliphatic carbocycles. The van der Waals surface area contributed by atoms with Gasteiger partial charge in [-0.05, 0) is 36.9 Å². The fourth-order valence-electron chi connectivity index (χ4n) is 1.96. The summed E-state index contributed by atoms with van der Waals surface area (Å²) >= 11 is 6.96. The molecule has 0 aliphatic rings. The van der Waals surface area contributed by atoms with E-state index in [1.165, 1.54) is 5.56 Å². The molecule has 20 heavy (non-hydrogen) atoms. The lowest BCUT2D eigenvalue weighted by molar-refractivity contribution is 1.37. The van der Waals surface area contributed by atoms with Gasteiger partial charge in [-0.15, -0.1) is 11.8 Å². The van der Waals surface area contributed by atoms with Gasteiger partial charge in [-0.1, -0.05) is 42.9 Å². The molecule has 0 radical (unpaired) electrons. The van der Waals surface area contributed by atoms with Crippen molar-refractivity contribution >= 4 is 40.3 Å². The maximum absolute atomic E-state index is 5.90. The van der Waals surface area contributed by atoms with Crippen molar-refractivity contribution < 1.29 is 0 Å². The van der Waals surface area contributed by atoms with Crippen LogP contribution in [-0.4, -0.2) is 10.7 Å². The monoisotopic (exact) mass is 302 g/mol. The maximum atomic E-state index is 5.90. The number of rotatable bonds is 5. The van der Waals surface area contributed by atoms with E-state index in [0.29, 0.717) is 4.99 Å². The number of benzene rings is 2. The van der Waals surface area contributed by atoms with Gasteiger partial charge >= 0.3 is 0 Å². The lowest BCUT2D eigenvalue weighted by atomic mass is 10.1. The van der Waals surface area contributed by atoms with E-state index in [0.717, 1.165) is 27.6 Å². The number of thiocarbonyl (C=S) groups is 1. The van der Waals surface area contributed by atoms with Crippen LogP contribution in [0, 0.1) is 6.92 Å². The van der Waals surface area contributed by atoms with Crippen LogP contribution in [0.3, 0.4) is 0 Å². The zero-order chi connectivity index (χ0) is 14.5. The first-order valence-corrected chi connectivity index (χ1v) is 7.90. The molecular weight excluding hydrogens is 284 g/mol. The molecule has 2 aromatic rings. The number of nitrogens with two attached hydrogens (primary N) is 1. The average Bonchev–Trinajstić information content (AvgIpc) is 2.41. The highest BCUT2D eigenvalue weighted by atomic mass is 32.2. The molecule has 0 spiro atoms. The van der Waals surface area contributed by atoms with Crippen LogP contribution in [0.1, 0.15) is 18.1 Å². The van der Waals surface area contributed by atoms with Crippen molar-refractivity contribution in [1.29, 1.82) is 0 Å². The third-order valence-electron chi connectivity index (χ3n) is 2.90. The highest BCUT2D eigenvalue weighted by molar-refractivity contribution is 7.99. The molecule has 0 amide bonds. The van der Waals surface area contributed by atoms with Gasteiger partial charge in [0.15, 0.2) is 0 Å². The quantitative estimate of drug-likeness (QED) is 0.630. The molecule has 0 heterocycles. The van der Waals surface area contributed by atoms with Crippen LogP contribution >= 0.6 is 24.0 Å². The molecule has 0 aliphatic heterocycles. The van der Waals surface area contributed by atoms with Crippen LogP contribution in [0.25, 0.3) is 0 Å². The molecule has 0 saturated heterocycles. The summed E-state index contributed by atoms with van der Waals surface area (Å²) in [4.78, 5) is 1.55. The summed E-state index contributed by atoms with van der Waals surface area (Å²) in [6.45, 7) is 4.19. The fraction of sp³-hybridized carbons (Fsp3) is 0.188. The molecule has 0 unspecified atom stereocenters. The van der Waals surface area contributed by atoms with Crippen molar-refractivity contribution in [2.45, 2.75) is 18.7 Å². The normalized spacial score (nSPS) is 10.3. The molecule has 104 valence electrons. The van der Waals surface area contributed by atoms with Crippen molar-refractivity contribution in [3.63, 3.8) is 0 Å². The van der Waals surface area contributed by atoms with Gasteiger partial charge in [0, 0.05) is 21.8 Å². The van der Waals surface area contributed by atoms with E-state index in [1.54, 1.807) is 11.8 Å². The highest BCUT2D eigenvalue weighted by Gasteiger charge is 2.11. The predicted molar refractivity (Wildman–Crippen MR) is 93.2 cm³/mol. The van der Waals surface area contributed by atoms with Crippen LogP contribution < -0.4 is 11.1 Å². The van der Waals surface area contributed by atoms with Gasteiger partial charge in [-0.3, -0.25) is 0 Å². The maximum Gasteiger partial charge on any atom is 0.107 e. The molecule has 0 atom stereocenters. The Balaban J connectivity index is 2.37. The largest absolute Gasteiger partial charge is 0.389 e. The Labute approximate surface area is 129 Å². The summed E-state index contributed by atoms with van der Waals surface area (Å²) in [5.41, 5.74) is 10.1. The lowest BCUT2D eigenvalue weighted by Crippen LogP contribution is -2.13. The molecule has 0 fully saturated rings. The van der Waals surface area contributed by atoms with Gasteiger partial charge in [0.1, 0.15) is 4.99 Å². The van der Waals surface area contributed by atoms with Crippen LogP contribution in [0.15, 0.2) is 47.4 Å². The van der Waals surface area contributed by atoms with E-state index in [-0.39, 0.29) is 0 Å². The first kappa shape index (κ1) is 14.9. The van der Waals surface area contributed by atoms with Crippen molar-refractivity contribution in [1.82, 2.24) is 0 Å². The Bertz CT molecular complexity index is 606. The molecular formula is C16H18N2S2. The summed E-state index contributed by atoms with van der Waals surface area (Å²) in [6.07, 6.45) is 0. The number of aryl methyl sites for hydroxylation is 1. The average molecular weight is 302 g/mol. The smallest absolute Gasteiger partial charge is 0.107 e. The molecule has 3 N–H and O–H groups in total. The van der Waals surface area contributed by atoms with E-state index in [2.05, 4.69) is 49.5 Å². The number of anilines is 2. The molecule has 0 aromatic heterocycles. The first-order chi connectivity index (χ1) is 9.61. The first-order valence-electron chi connectivity index (χ1n) is 6.51. The predicted octanol–water partition coefficient (Wildman–Crippen LogP) is 4.48. The van der Waals surface area contributed by atoms with Crippen molar-refractivity contribution in [2.24, 2.45) is 5.73 Å². The summed E-state index contributed by atoms with van der Waals surface area (Å²) in [7, 11) is 0. The Morgan fingerprint density at radius 1 is 1.20 bits per heavy atom. The van der Waals surface area contributed by atoms with Gasteiger partial charge < -0.3 is 11.1 Å². The van der Waals surface area contributed by atoms with E-state index in [9.17, 15) is 0 Å². The van der Waals surface area contributed by atoms with E-state index < -0.39 is 0 Å². The zero-order valence-electron chi connectivity index (χ0n) is 11.6. The minimum absolute atomic E-state index is 0.427. The van der Waals surface area contributed by atoms with Crippen LogP contribution in [-0.2, 0) is 0 Å². The van der Waals surface area contributed by atoms with E-state index >= 15 is 0 Å². The Morgan fingerprint density at radius 3 is 2.50 bits per heavy atom. The Hall–Kier alpha value is -1.52. The molecule has 2 rings (SSSR count). The van der Waals surface area contributed by atoms with E-state index in [4.69, 9.17) is 18.0 Å². The molecule has 2 nitrogen and oxygen atoms in total. The van der Waals surface area contributed by atoms with E-state index in [1.807, 2.05) is 12.1 Å². The van der Waals surface area contributed by atoms with Crippen LogP contribution in [0.4, 0.5) is 11.4 Å². The Morgan fingerprint density at radius 2 is 1.90 bits per heavy atom. The second-order valence-corrected chi connectivity index (χ2v) is 6.21. The zero-order valence-corrected chi connectivity index (χ0v) is 13.3. The summed E-state index contributed by atoms with van der Waals surface area (Å²) in [6, 6.07) is 14.4. The molecule has 0 bridgehead atoms. The molecule has 2 aromatic carbocycles. The number of nitrogens with one attached hydrogen (secondary N) is 1. The second-order valence-electron chi connectivity index (χ2n) is 4.47. The number of thioether (sulfide) groups is 1. The fourth-order valence-corrected chi connectivity index (χ4v) is 3.09. The summed E-state index contributed by atoms with van der Waals surface area (Å²) in [5, 5.41) is 3.40.